The van der Waals surface area contributed by atoms with E-state index in [1.165, 1.54) is 10.1 Å². The number of aliphatic imine (C=N–C) groups is 1. The third kappa shape index (κ3) is 3.21. The second-order valence-corrected chi connectivity index (χ2v) is 13.6. The molecule has 1 atom stereocenters. The van der Waals surface area contributed by atoms with Gasteiger partial charge in [0, 0.05) is 25.0 Å². The van der Waals surface area contributed by atoms with E-state index in [9.17, 15) is 4.79 Å². The molecule has 1 amide bonds. The van der Waals surface area contributed by atoms with Crippen molar-refractivity contribution < 1.29 is 4.79 Å². The molecule has 0 fully saturated rings. The largest absolute Gasteiger partial charge is 0.369 e. The maximum atomic E-state index is 13.6. The van der Waals surface area contributed by atoms with Gasteiger partial charge in [-0.05, 0) is 17.2 Å². The summed E-state index contributed by atoms with van der Waals surface area (Å²) in [6.45, 7) is 6.86. The lowest BCUT2D eigenvalue weighted by Gasteiger charge is -2.28. The zero-order valence-electron chi connectivity index (χ0n) is 17.6. The fourth-order valence-electron chi connectivity index (χ4n) is 3.75. The number of nitrogens with zero attached hydrogens (tertiary/aromatic N) is 4. The van der Waals surface area contributed by atoms with E-state index in [0.29, 0.717) is 0 Å². The monoisotopic (exact) mass is 415 g/mol. The number of carbonyl (C=O) groups is 1. The molecule has 2 N–H and O–H groups in total. The van der Waals surface area contributed by atoms with Gasteiger partial charge in [-0.1, -0.05) is 67.3 Å². The van der Waals surface area contributed by atoms with Crippen molar-refractivity contribution in [1.29, 1.82) is 0 Å². The molecule has 4 rings (SSSR count). The Morgan fingerprint density at radius 3 is 2.30 bits per heavy atom. The third-order valence-electron chi connectivity index (χ3n) is 5.53. The van der Waals surface area contributed by atoms with Gasteiger partial charge in [0.2, 0.25) is 0 Å². The summed E-state index contributed by atoms with van der Waals surface area (Å²) < 4.78 is 0. The van der Waals surface area contributed by atoms with E-state index in [-0.39, 0.29) is 11.9 Å². The zero-order valence-corrected chi connectivity index (χ0v) is 18.6. The summed E-state index contributed by atoms with van der Waals surface area (Å²) in [6, 6.07) is 16.0. The summed E-state index contributed by atoms with van der Waals surface area (Å²) >= 11 is 0. The lowest BCUT2D eigenvalue weighted by atomic mass is 9.82. The average molecular weight is 416 g/mol. The van der Waals surface area contributed by atoms with E-state index >= 15 is 0 Å². The Morgan fingerprint density at radius 2 is 1.70 bits per heavy atom. The van der Waals surface area contributed by atoms with Crippen LogP contribution in [0.15, 0.2) is 72.1 Å². The van der Waals surface area contributed by atoms with Crippen molar-refractivity contribution in [3.05, 3.63) is 78.2 Å². The fourth-order valence-corrected chi connectivity index (χ4v) is 4.93. The molecule has 2 heterocycles. The number of carbonyl (C=O) groups excluding carboxylic acids is 1. The Balaban J connectivity index is 1.95. The smallest absolute Gasteiger partial charge is 0.266 e. The van der Waals surface area contributed by atoms with Crippen LogP contribution in [0.2, 0.25) is 19.6 Å². The first-order valence-electron chi connectivity index (χ1n) is 9.85. The molecule has 6 nitrogen and oxygen atoms in total. The Kier molecular flexibility index (Phi) is 4.78. The second-order valence-electron chi connectivity index (χ2n) is 8.55. The molecule has 1 aliphatic rings. The molecule has 30 heavy (non-hydrogen) atoms. The number of hydrogen-bond acceptors (Lipinski definition) is 5. The van der Waals surface area contributed by atoms with Crippen LogP contribution >= 0.6 is 0 Å². The number of likely N-dealkylation sites (N-methyl/N-ethyl adjacent to an activating group) is 1. The fraction of sp³-hybridized carbons (Fsp3) is 0.217. The van der Waals surface area contributed by atoms with E-state index in [2.05, 4.69) is 41.7 Å². The van der Waals surface area contributed by atoms with E-state index in [0.717, 1.165) is 22.4 Å². The molecule has 0 aliphatic carbocycles. The molecule has 0 spiro atoms. The number of aromatic nitrogens is 2. The van der Waals surface area contributed by atoms with Crippen LogP contribution in [-0.4, -0.2) is 41.9 Å². The van der Waals surface area contributed by atoms with Crippen LogP contribution in [0.5, 0.6) is 0 Å². The standard InChI is InChI=1S/C23H25N5OSi/c1-28-21(29)23(27-22(28)24,18-9-6-10-19(14-18)30(2,3)4)17-8-5-7-16(13-17)20-15-25-11-12-26-20/h5-15H,1-4H3,(H2,24,27). The first kappa shape index (κ1) is 20.0. The lowest BCUT2D eigenvalue weighted by molar-refractivity contribution is -0.129. The van der Waals surface area contributed by atoms with E-state index in [4.69, 9.17) is 10.7 Å². The molecule has 152 valence electrons. The Morgan fingerprint density at radius 1 is 1.00 bits per heavy atom. The molecule has 1 unspecified atom stereocenters. The summed E-state index contributed by atoms with van der Waals surface area (Å²) in [7, 11) is 0.0725. The number of amides is 1. The van der Waals surface area contributed by atoms with Gasteiger partial charge in [-0.3, -0.25) is 19.7 Å². The van der Waals surface area contributed by atoms with Crippen LogP contribution in [0.4, 0.5) is 0 Å². The van der Waals surface area contributed by atoms with E-state index in [1.54, 1.807) is 25.6 Å². The molecular formula is C23H25N5OSi. The van der Waals surface area contributed by atoms with Gasteiger partial charge in [0.1, 0.15) is 0 Å². The minimum Gasteiger partial charge on any atom is -0.369 e. The maximum Gasteiger partial charge on any atom is 0.266 e. The highest BCUT2D eigenvalue weighted by atomic mass is 28.3. The minimum atomic E-state index is -1.59. The topological polar surface area (TPSA) is 84.5 Å². The minimum absolute atomic E-state index is 0.163. The number of benzene rings is 2. The van der Waals surface area contributed by atoms with Crippen molar-refractivity contribution in [2.75, 3.05) is 7.05 Å². The highest BCUT2D eigenvalue weighted by Gasteiger charge is 2.49. The molecule has 0 radical (unpaired) electrons. The van der Waals surface area contributed by atoms with Crippen molar-refractivity contribution >= 4 is 25.1 Å². The van der Waals surface area contributed by atoms with Gasteiger partial charge in [-0.2, -0.15) is 0 Å². The highest BCUT2D eigenvalue weighted by Crippen LogP contribution is 2.40. The molecule has 0 saturated carbocycles. The first-order valence-corrected chi connectivity index (χ1v) is 13.3. The summed E-state index contributed by atoms with van der Waals surface area (Å²) in [5.74, 6) is 0.0485. The van der Waals surface area contributed by atoms with Crippen molar-refractivity contribution in [2.45, 2.75) is 25.2 Å². The molecule has 2 aromatic carbocycles. The van der Waals surface area contributed by atoms with E-state index < -0.39 is 13.6 Å². The first-order chi connectivity index (χ1) is 14.2. The molecular weight excluding hydrogens is 390 g/mol. The van der Waals surface area contributed by atoms with Crippen LogP contribution in [0, 0.1) is 0 Å². The normalized spacial score (nSPS) is 19.1. The molecule has 1 aromatic heterocycles. The van der Waals surface area contributed by atoms with Gasteiger partial charge >= 0.3 is 0 Å². The van der Waals surface area contributed by atoms with Crippen LogP contribution < -0.4 is 10.9 Å². The quantitative estimate of drug-likeness (QED) is 0.664. The molecule has 7 heteroatoms. The SMILES string of the molecule is CN1C(=O)C(c2cccc(-c3cnccn3)c2)(c2cccc([Si](C)(C)C)c2)N=C1N. The maximum absolute atomic E-state index is 13.6. The third-order valence-corrected chi connectivity index (χ3v) is 7.57. The lowest BCUT2D eigenvalue weighted by Crippen LogP contribution is -2.43. The van der Waals surface area contributed by atoms with Gasteiger partial charge in [-0.15, -0.1) is 0 Å². The predicted octanol–water partition coefficient (Wildman–Crippen LogP) is 2.72. The predicted molar refractivity (Wildman–Crippen MR) is 122 cm³/mol. The van der Waals surface area contributed by atoms with Crippen LogP contribution in [0.3, 0.4) is 0 Å². The van der Waals surface area contributed by atoms with E-state index in [1.807, 2.05) is 36.4 Å². The van der Waals surface area contributed by atoms with Crippen LogP contribution in [0.25, 0.3) is 11.3 Å². The number of nitrogens with two attached hydrogens (primary N) is 1. The van der Waals surface area contributed by atoms with Crippen LogP contribution in [-0.2, 0) is 10.3 Å². The Bertz CT molecular complexity index is 1140. The molecule has 0 saturated heterocycles. The highest BCUT2D eigenvalue weighted by molar-refractivity contribution is 6.88. The number of rotatable bonds is 4. The Labute approximate surface area is 177 Å². The van der Waals surface area contributed by atoms with Gasteiger partial charge in [0.15, 0.2) is 11.5 Å². The summed E-state index contributed by atoms with van der Waals surface area (Å²) in [6.07, 6.45) is 4.99. The summed E-state index contributed by atoms with van der Waals surface area (Å²) in [5, 5.41) is 1.26. The van der Waals surface area contributed by atoms with Crippen molar-refractivity contribution in [3.8, 4) is 11.3 Å². The van der Waals surface area contributed by atoms with Gasteiger partial charge in [0.05, 0.1) is 20.0 Å². The van der Waals surface area contributed by atoms with Gasteiger partial charge < -0.3 is 5.73 Å². The van der Waals surface area contributed by atoms with Crippen LogP contribution in [0.1, 0.15) is 11.1 Å². The second kappa shape index (κ2) is 7.18. The number of guanidine groups is 1. The van der Waals surface area contributed by atoms with Gasteiger partial charge in [-0.25, -0.2) is 4.99 Å². The molecule has 3 aromatic rings. The number of hydrogen-bond donors (Lipinski definition) is 1. The Hall–Kier alpha value is -3.32. The molecule has 0 bridgehead atoms. The van der Waals surface area contributed by atoms with Crippen molar-refractivity contribution in [3.63, 3.8) is 0 Å². The van der Waals surface area contributed by atoms with Crippen molar-refractivity contribution in [1.82, 2.24) is 14.9 Å². The van der Waals surface area contributed by atoms with Crippen molar-refractivity contribution in [2.24, 2.45) is 10.7 Å². The zero-order chi connectivity index (χ0) is 21.5. The average Bonchev–Trinajstić information content (AvgIpc) is 2.99. The van der Waals surface area contributed by atoms with Gasteiger partial charge in [0.25, 0.3) is 5.91 Å². The summed E-state index contributed by atoms with van der Waals surface area (Å²) in [5.41, 5.74) is 8.12. The molecule has 1 aliphatic heterocycles. The summed E-state index contributed by atoms with van der Waals surface area (Å²) in [4.78, 5) is 28.3.